The number of rotatable bonds is 3. The van der Waals surface area contributed by atoms with Crippen LogP contribution in [0, 0.1) is 20.8 Å². The first-order valence-electron chi connectivity index (χ1n) is 9.17. The fraction of sp³-hybridized carbons (Fsp3) is 0.318. The summed E-state index contributed by atoms with van der Waals surface area (Å²) in [7, 11) is 0. The van der Waals surface area contributed by atoms with Gasteiger partial charge in [-0.25, -0.2) is 5.43 Å². The Morgan fingerprint density at radius 1 is 1.00 bits per heavy atom. The van der Waals surface area contributed by atoms with Crippen molar-refractivity contribution >= 4 is 5.91 Å². The van der Waals surface area contributed by atoms with Crippen LogP contribution in [-0.4, -0.2) is 21.9 Å². The minimum Gasteiger partial charge on any atom is -0.311 e. The highest BCUT2D eigenvalue weighted by atomic mass is 16.2. The Kier molecular flexibility index (Phi) is 4.29. The zero-order valence-electron chi connectivity index (χ0n) is 15.6. The molecule has 26 heavy (non-hydrogen) atoms. The predicted molar refractivity (Wildman–Crippen MR) is 103 cm³/mol. The number of hydrogen-bond donors (Lipinski definition) is 1. The third-order valence-electron chi connectivity index (χ3n) is 5.40. The molecule has 2 aromatic carbocycles. The van der Waals surface area contributed by atoms with Gasteiger partial charge >= 0.3 is 0 Å². The number of benzene rings is 2. The second-order valence-corrected chi connectivity index (χ2v) is 7.45. The summed E-state index contributed by atoms with van der Waals surface area (Å²) < 4.78 is 0. The highest BCUT2D eigenvalue weighted by Crippen LogP contribution is 2.31. The van der Waals surface area contributed by atoms with Crippen molar-refractivity contribution in [3.8, 4) is 0 Å². The monoisotopic (exact) mass is 347 g/mol. The van der Waals surface area contributed by atoms with Crippen molar-refractivity contribution in [1.29, 1.82) is 0 Å². The van der Waals surface area contributed by atoms with E-state index in [1.54, 1.807) is 0 Å². The average molecular weight is 347 g/mol. The molecule has 0 aromatic heterocycles. The lowest BCUT2D eigenvalue weighted by atomic mass is 9.99. The third kappa shape index (κ3) is 3.13. The normalized spacial score (nSPS) is 22.0. The van der Waals surface area contributed by atoms with Crippen LogP contribution in [0.15, 0.2) is 54.9 Å². The Labute approximate surface area is 155 Å². The van der Waals surface area contributed by atoms with Crippen molar-refractivity contribution < 1.29 is 4.79 Å². The molecule has 4 nitrogen and oxygen atoms in total. The quantitative estimate of drug-likeness (QED) is 0.919. The summed E-state index contributed by atoms with van der Waals surface area (Å²) in [5.41, 5.74) is 9.60. The number of hydrazine groups is 1. The predicted octanol–water partition coefficient (Wildman–Crippen LogP) is 3.75. The Bertz CT molecular complexity index is 856. The second kappa shape index (κ2) is 6.61. The molecule has 4 rings (SSSR count). The van der Waals surface area contributed by atoms with E-state index in [0.29, 0.717) is 6.54 Å². The van der Waals surface area contributed by atoms with Crippen LogP contribution < -0.4 is 5.43 Å². The van der Waals surface area contributed by atoms with Crippen LogP contribution in [0.4, 0.5) is 0 Å². The summed E-state index contributed by atoms with van der Waals surface area (Å²) in [6, 6.07) is 15.0. The molecule has 1 saturated heterocycles. The Hall–Kier alpha value is -2.59. The zero-order chi connectivity index (χ0) is 18.3. The summed E-state index contributed by atoms with van der Waals surface area (Å²) in [4.78, 5) is 14.9. The summed E-state index contributed by atoms with van der Waals surface area (Å²) in [6.07, 6.45) is 4.67. The van der Waals surface area contributed by atoms with E-state index in [1.807, 2.05) is 22.3 Å². The maximum atomic E-state index is 13.0. The van der Waals surface area contributed by atoms with E-state index < -0.39 is 0 Å². The molecule has 4 heteroatoms. The molecule has 134 valence electrons. The zero-order valence-corrected chi connectivity index (χ0v) is 15.6. The Balaban J connectivity index is 1.50. The standard InChI is InChI=1S/C22H25N3O/c1-15-5-8-18(9-6-15)20-13-21-22(26)24(10-11-25(21)23-20)14-19-12-16(2)4-7-17(19)3/h4-12,20-21,23H,13-14H2,1-3H3. The molecule has 2 aliphatic heterocycles. The lowest BCUT2D eigenvalue weighted by Crippen LogP contribution is -2.47. The minimum atomic E-state index is -0.142. The highest BCUT2D eigenvalue weighted by Gasteiger charge is 2.39. The molecular weight excluding hydrogens is 322 g/mol. The van der Waals surface area contributed by atoms with Gasteiger partial charge in [0.15, 0.2) is 0 Å². The molecule has 0 saturated carbocycles. The number of carbonyl (C=O) groups is 1. The number of amides is 1. The molecule has 2 aromatic rings. The van der Waals surface area contributed by atoms with Crippen molar-refractivity contribution in [1.82, 2.24) is 15.3 Å². The Morgan fingerprint density at radius 2 is 1.73 bits per heavy atom. The van der Waals surface area contributed by atoms with Gasteiger partial charge in [0.25, 0.3) is 5.91 Å². The maximum Gasteiger partial charge on any atom is 0.251 e. The molecule has 2 heterocycles. The summed E-state index contributed by atoms with van der Waals surface area (Å²) in [5.74, 6) is 0.163. The fourth-order valence-corrected chi connectivity index (χ4v) is 3.74. The molecule has 2 atom stereocenters. The van der Waals surface area contributed by atoms with E-state index in [1.165, 1.54) is 27.8 Å². The summed E-state index contributed by atoms with van der Waals surface area (Å²) >= 11 is 0. The van der Waals surface area contributed by atoms with Crippen LogP contribution in [0.2, 0.25) is 0 Å². The first-order valence-corrected chi connectivity index (χ1v) is 9.17. The van der Waals surface area contributed by atoms with Crippen molar-refractivity contribution in [2.45, 2.75) is 45.8 Å². The van der Waals surface area contributed by atoms with Gasteiger partial charge in [-0.3, -0.25) is 4.79 Å². The van der Waals surface area contributed by atoms with Crippen LogP contribution >= 0.6 is 0 Å². The van der Waals surface area contributed by atoms with Crippen molar-refractivity contribution in [2.75, 3.05) is 0 Å². The minimum absolute atomic E-state index is 0.142. The van der Waals surface area contributed by atoms with Gasteiger partial charge in [-0.2, -0.15) is 0 Å². The average Bonchev–Trinajstić information content (AvgIpc) is 3.06. The molecule has 1 N–H and O–H groups in total. The van der Waals surface area contributed by atoms with E-state index >= 15 is 0 Å². The van der Waals surface area contributed by atoms with E-state index in [4.69, 9.17) is 0 Å². The van der Waals surface area contributed by atoms with Gasteiger partial charge < -0.3 is 9.91 Å². The molecule has 2 aliphatic rings. The highest BCUT2D eigenvalue weighted by molar-refractivity contribution is 5.84. The molecule has 1 fully saturated rings. The van der Waals surface area contributed by atoms with Gasteiger partial charge in [0.2, 0.25) is 0 Å². The van der Waals surface area contributed by atoms with E-state index in [2.05, 4.69) is 68.7 Å². The molecule has 2 unspecified atom stereocenters. The number of aryl methyl sites for hydroxylation is 3. The van der Waals surface area contributed by atoms with Gasteiger partial charge in [0.1, 0.15) is 6.04 Å². The second-order valence-electron chi connectivity index (χ2n) is 7.45. The third-order valence-corrected chi connectivity index (χ3v) is 5.40. The number of carbonyl (C=O) groups excluding carboxylic acids is 1. The number of nitrogens with one attached hydrogen (secondary N) is 1. The lowest BCUT2D eigenvalue weighted by Gasteiger charge is -2.32. The van der Waals surface area contributed by atoms with Gasteiger partial charge in [0.05, 0.1) is 12.6 Å². The molecule has 0 bridgehead atoms. The van der Waals surface area contributed by atoms with Gasteiger partial charge in [-0.05, 0) is 43.9 Å². The molecule has 0 radical (unpaired) electrons. The Morgan fingerprint density at radius 3 is 2.50 bits per heavy atom. The van der Waals surface area contributed by atoms with E-state index in [0.717, 1.165) is 6.42 Å². The summed E-state index contributed by atoms with van der Waals surface area (Å²) in [6.45, 7) is 6.91. The van der Waals surface area contributed by atoms with Gasteiger partial charge in [0, 0.05) is 12.4 Å². The van der Waals surface area contributed by atoms with Gasteiger partial charge in [-0.1, -0.05) is 53.6 Å². The SMILES string of the molecule is Cc1ccc(C2CC3C(=O)N(Cc4cc(C)ccc4C)C=CN3N2)cc1. The van der Waals surface area contributed by atoms with Gasteiger partial charge in [-0.15, -0.1) is 0 Å². The van der Waals surface area contributed by atoms with Crippen LogP contribution in [0.25, 0.3) is 0 Å². The molecule has 1 amide bonds. The van der Waals surface area contributed by atoms with E-state index in [9.17, 15) is 4.79 Å². The topological polar surface area (TPSA) is 35.6 Å². The number of nitrogens with zero attached hydrogens (tertiary/aromatic N) is 2. The largest absolute Gasteiger partial charge is 0.311 e. The van der Waals surface area contributed by atoms with Crippen molar-refractivity contribution in [3.63, 3.8) is 0 Å². The fourth-order valence-electron chi connectivity index (χ4n) is 3.74. The van der Waals surface area contributed by atoms with Crippen LogP contribution in [0.5, 0.6) is 0 Å². The van der Waals surface area contributed by atoms with Crippen molar-refractivity contribution in [2.24, 2.45) is 0 Å². The van der Waals surface area contributed by atoms with E-state index in [-0.39, 0.29) is 18.0 Å². The molecule has 0 aliphatic carbocycles. The smallest absolute Gasteiger partial charge is 0.251 e. The number of fused-ring (bicyclic) bond motifs is 1. The van der Waals surface area contributed by atoms with Crippen molar-refractivity contribution in [3.05, 3.63) is 82.7 Å². The van der Waals surface area contributed by atoms with Crippen LogP contribution in [-0.2, 0) is 11.3 Å². The molecule has 0 spiro atoms. The maximum absolute atomic E-state index is 13.0. The van der Waals surface area contributed by atoms with Crippen LogP contribution in [0.3, 0.4) is 0 Å². The number of hydrogen-bond acceptors (Lipinski definition) is 3. The molecular formula is C22H25N3O. The first-order chi connectivity index (χ1) is 12.5. The summed E-state index contributed by atoms with van der Waals surface area (Å²) in [5, 5.41) is 1.96. The lowest BCUT2D eigenvalue weighted by molar-refractivity contribution is -0.134. The van der Waals surface area contributed by atoms with Crippen LogP contribution in [0.1, 0.15) is 40.3 Å². The first kappa shape index (κ1) is 16.9.